The summed E-state index contributed by atoms with van der Waals surface area (Å²) in [5.41, 5.74) is 4.54. The van der Waals surface area contributed by atoms with Crippen LogP contribution in [-0.2, 0) is 4.79 Å². The van der Waals surface area contributed by atoms with E-state index in [2.05, 4.69) is 33.2 Å². The second-order valence-corrected chi connectivity index (χ2v) is 6.76. The van der Waals surface area contributed by atoms with Gasteiger partial charge in [-0.3, -0.25) is 9.59 Å². The number of hydrogen-bond acceptors (Lipinski definition) is 2. The third kappa shape index (κ3) is 4.79. The first kappa shape index (κ1) is 17.5. The Morgan fingerprint density at radius 3 is 2.30 bits per heavy atom. The van der Waals surface area contributed by atoms with Crippen LogP contribution in [-0.4, -0.2) is 18.4 Å². The number of anilines is 1. The summed E-state index contributed by atoms with van der Waals surface area (Å²) in [6, 6.07) is 11.3. The minimum absolute atomic E-state index is 0.0585. The molecule has 2 aromatic rings. The smallest absolute Gasteiger partial charge is 0.251 e. The standard InChI is InChI=1S/C18H19IN2O2/c1-11-7-12(2)17(13(3)8-11)21-16(22)10-20-18(23)14-5-4-6-15(19)9-14/h4-9H,10H2,1-3H3,(H,20,23)(H,21,22). The van der Waals surface area contributed by atoms with Crippen LogP contribution in [0, 0.1) is 24.3 Å². The quantitative estimate of drug-likeness (QED) is 0.741. The lowest BCUT2D eigenvalue weighted by Crippen LogP contribution is -2.33. The molecule has 0 spiro atoms. The fourth-order valence-corrected chi connectivity index (χ4v) is 3.00. The van der Waals surface area contributed by atoms with Gasteiger partial charge in [-0.2, -0.15) is 0 Å². The van der Waals surface area contributed by atoms with Crippen LogP contribution in [0.4, 0.5) is 5.69 Å². The average Bonchev–Trinajstić information content (AvgIpc) is 2.48. The van der Waals surface area contributed by atoms with Gasteiger partial charge in [0.1, 0.15) is 0 Å². The van der Waals surface area contributed by atoms with E-state index in [1.165, 1.54) is 0 Å². The number of hydrogen-bond donors (Lipinski definition) is 2. The van der Waals surface area contributed by atoms with Gasteiger partial charge in [0, 0.05) is 14.8 Å². The van der Waals surface area contributed by atoms with Crippen molar-refractivity contribution in [2.45, 2.75) is 20.8 Å². The number of aryl methyl sites for hydroxylation is 3. The van der Waals surface area contributed by atoms with Crippen molar-refractivity contribution in [3.63, 3.8) is 0 Å². The molecule has 0 saturated heterocycles. The summed E-state index contributed by atoms with van der Waals surface area (Å²) >= 11 is 2.15. The van der Waals surface area contributed by atoms with Crippen LogP contribution in [0.5, 0.6) is 0 Å². The van der Waals surface area contributed by atoms with Crippen molar-refractivity contribution in [3.05, 3.63) is 62.2 Å². The molecule has 2 rings (SSSR count). The number of nitrogens with one attached hydrogen (secondary N) is 2. The van der Waals surface area contributed by atoms with E-state index < -0.39 is 0 Å². The first-order valence-corrected chi connectivity index (χ1v) is 8.36. The van der Waals surface area contributed by atoms with Crippen molar-refractivity contribution in [2.24, 2.45) is 0 Å². The van der Waals surface area contributed by atoms with Gasteiger partial charge in [-0.1, -0.05) is 23.8 Å². The third-order valence-corrected chi connectivity index (χ3v) is 4.11. The van der Waals surface area contributed by atoms with Crippen molar-refractivity contribution in [1.82, 2.24) is 5.32 Å². The average molecular weight is 422 g/mol. The topological polar surface area (TPSA) is 58.2 Å². The largest absolute Gasteiger partial charge is 0.343 e. The molecule has 0 heterocycles. The lowest BCUT2D eigenvalue weighted by Gasteiger charge is -2.13. The molecule has 2 aromatic carbocycles. The van der Waals surface area contributed by atoms with Gasteiger partial charge in [0.05, 0.1) is 6.54 Å². The van der Waals surface area contributed by atoms with Crippen molar-refractivity contribution in [3.8, 4) is 0 Å². The Kier molecular flexibility index (Phi) is 5.76. The number of carbonyl (C=O) groups is 2. The van der Waals surface area contributed by atoms with Gasteiger partial charge < -0.3 is 10.6 Å². The highest BCUT2D eigenvalue weighted by molar-refractivity contribution is 14.1. The summed E-state index contributed by atoms with van der Waals surface area (Å²) in [4.78, 5) is 24.1. The van der Waals surface area contributed by atoms with E-state index in [1.807, 2.05) is 45.0 Å². The first-order chi connectivity index (χ1) is 10.9. The fourth-order valence-electron chi connectivity index (χ4n) is 2.45. The summed E-state index contributed by atoms with van der Waals surface area (Å²) in [5.74, 6) is -0.491. The lowest BCUT2D eigenvalue weighted by atomic mass is 10.1. The molecule has 2 amide bonds. The lowest BCUT2D eigenvalue weighted by molar-refractivity contribution is -0.115. The van der Waals surface area contributed by atoms with Crippen LogP contribution in [0.1, 0.15) is 27.0 Å². The van der Waals surface area contributed by atoms with Crippen LogP contribution in [0.25, 0.3) is 0 Å². The van der Waals surface area contributed by atoms with E-state index in [0.29, 0.717) is 5.56 Å². The molecule has 120 valence electrons. The van der Waals surface area contributed by atoms with Gasteiger partial charge >= 0.3 is 0 Å². The van der Waals surface area contributed by atoms with Gasteiger partial charge in [-0.15, -0.1) is 0 Å². The van der Waals surface area contributed by atoms with Crippen LogP contribution in [0.2, 0.25) is 0 Å². The number of benzene rings is 2. The second kappa shape index (κ2) is 7.59. The highest BCUT2D eigenvalue weighted by atomic mass is 127. The van der Waals surface area contributed by atoms with Gasteiger partial charge in [0.15, 0.2) is 0 Å². The predicted octanol–water partition coefficient (Wildman–Crippen LogP) is 3.58. The van der Waals surface area contributed by atoms with Crippen molar-refractivity contribution >= 4 is 40.1 Å². The third-order valence-electron chi connectivity index (χ3n) is 3.44. The van der Waals surface area contributed by atoms with Gasteiger partial charge in [-0.25, -0.2) is 0 Å². The van der Waals surface area contributed by atoms with E-state index in [9.17, 15) is 9.59 Å². The molecule has 0 aliphatic heterocycles. The van der Waals surface area contributed by atoms with Crippen molar-refractivity contribution in [2.75, 3.05) is 11.9 Å². The predicted molar refractivity (Wildman–Crippen MR) is 101 cm³/mol. The molecule has 5 heteroatoms. The molecule has 0 radical (unpaired) electrons. The summed E-state index contributed by atoms with van der Waals surface area (Å²) < 4.78 is 0.977. The Hall–Kier alpha value is -1.89. The zero-order valence-corrected chi connectivity index (χ0v) is 15.5. The Labute approximate surface area is 149 Å². The normalized spacial score (nSPS) is 10.3. The minimum atomic E-state index is -0.254. The Morgan fingerprint density at radius 2 is 1.70 bits per heavy atom. The summed E-state index contributed by atoms with van der Waals surface area (Å²) in [7, 11) is 0. The molecular weight excluding hydrogens is 403 g/mol. The summed E-state index contributed by atoms with van der Waals surface area (Å²) in [6.45, 7) is 5.88. The maximum absolute atomic E-state index is 12.1. The first-order valence-electron chi connectivity index (χ1n) is 7.28. The van der Waals surface area contributed by atoms with Gasteiger partial charge in [0.2, 0.25) is 5.91 Å². The van der Waals surface area contributed by atoms with Crippen molar-refractivity contribution in [1.29, 1.82) is 0 Å². The minimum Gasteiger partial charge on any atom is -0.343 e. The molecule has 2 N–H and O–H groups in total. The molecule has 0 fully saturated rings. The number of halogens is 1. The van der Waals surface area contributed by atoms with Crippen LogP contribution in [0.3, 0.4) is 0 Å². The monoisotopic (exact) mass is 422 g/mol. The molecule has 0 aromatic heterocycles. The van der Waals surface area contributed by atoms with Crippen molar-refractivity contribution < 1.29 is 9.59 Å². The molecular formula is C18H19IN2O2. The van der Waals surface area contributed by atoms with Crippen LogP contribution >= 0.6 is 22.6 Å². The van der Waals surface area contributed by atoms with Gasteiger partial charge in [0.25, 0.3) is 5.91 Å². The molecule has 0 saturated carbocycles. The van der Waals surface area contributed by atoms with E-state index >= 15 is 0 Å². The second-order valence-electron chi connectivity index (χ2n) is 5.51. The number of rotatable bonds is 4. The zero-order valence-electron chi connectivity index (χ0n) is 13.4. The Bertz CT molecular complexity index is 733. The SMILES string of the molecule is Cc1cc(C)c(NC(=O)CNC(=O)c2cccc(I)c2)c(C)c1. The number of carbonyl (C=O) groups excluding carboxylic acids is 2. The fraction of sp³-hybridized carbons (Fsp3) is 0.222. The summed E-state index contributed by atoms with van der Waals surface area (Å²) in [6.07, 6.45) is 0. The van der Waals surface area contributed by atoms with E-state index in [1.54, 1.807) is 12.1 Å². The Balaban J connectivity index is 1.97. The molecule has 23 heavy (non-hydrogen) atoms. The molecule has 0 aliphatic carbocycles. The maximum Gasteiger partial charge on any atom is 0.251 e. The molecule has 0 bridgehead atoms. The van der Waals surface area contributed by atoms with E-state index in [-0.39, 0.29) is 18.4 Å². The molecule has 0 atom stereocenters. The van der Waals surface area contributed by atoms with E-state index in [0.717, 1.165) is 25.9 Å². The highest BCUT2D eigenvalue weighted by Crippen LogP contribution is 2.21. The number of amides is 2. The van der Waals surface area contributed by atoms with Crippen LogP contribution in [0.15, 0.2) is 36.4 Å². The summed E-state index contributed by atoms with van der Waals surface area (Å²) in [5, 5.41) is 5.51. The zero-order chi connectivity index (χ0) is 17.0. The Morgan fingerprint density at radius 1 is 1.04 bits per heavy atom. The van der Waals surface area contributed by atoms with E-state index in [4.69, 9.17) is 0 Å². The molecule has 4 nitrogen and oxygen atoms in total. The van der Waals surface area contributed by atoms with Crippen LogP contribution < -0.4 is 10.6 Å². The molecule has 0 unspecified atom stereocenters. The highest BCUT2D eigenvalue weighted by Gasteiger charge is 2.11. The maximum atomic E-state index is 12.1. The molecule has 0 aliphatic rings. The van der Waals surface area contributed by atoms with Gasteiger partial charge in [-0.05, 0) is 72.7 Å².